The summed E-state index contributed by atoms with van der Waals surface area (Å²) in [6.45, 7) is 6.19. The number of aryl methyl sites for hydroxylation is 1. The summed E-state index contributed by atoms with van der Waals surface area (Å²) in [6, 6.07) is 9.94. The summed E-state index contributed by atoms with van der Waals surface area (Å²) in [4.78, 5) is 14.7. The minimum absolute atomic E-state index is 0.0176. The molecule has 1 saturated heterocycles. The highest BCUT2D eigenvalue weighted by Crippen LogP contribution is 2.29. The first kappa shape index (κ1) is 15.7. The minimum Gasteiger partial charge on any atom is -0.451 e. The standard InChI is InChI=1S/C19H24N2O2/c1-12-7-8-15(11-16(12)20)17-9-10-18(23-17)19(22)21-13(2)5-4-6-14(21)3/h7-11,13-14H,4-6,20H2,1-3H3/t13-,14-/m1/s1. The summed E-state index contributed by atoms with van der Waals surface area (Å²) in [5.74, 6) is 1.06. The number of rotatable bonds is 2. The highest BCUT2D eigenvalue weighted by Gasteiger charge is 2.31. The lowest BCUT2D eigenvalue weighted by atomic mass is 9.97. The fourth-order valence-electron chi connectivity index (χ4n) is 3.35. The summed E-state index contributed by atoms with van der Waals surface area (Å²) < 4.78 is 5.83. The number of amides is 1. The number of nitrogen functional groups attached to an aromatic ring is 1. The van der Waals surface area contributed by atoms with E-state index in [0.29, 0.717) is 11.5 Å². The SMILES string of the molecule is Cc1ccc(-c2ccc(C(=O)N3[C@H](C)CCC[C@H]3C)o2)cc1N. The van der Waals surface area contributed by atoms with Crippen molar-refractivity contribution >= 4 is 11.6 Å². The Morgan fingerprint density at radius 2 is 1.87 bits per heavy atom. The number of carbonyl (C=O) groups is 1. The number of nitrogens with zero attached hydrogens (tertiary/aromatic N) is 1. The number of carbonyl (C=O) groups excluding carboxylic acids is 1. The largest absolute Gasteiger partial charge is 0.451 e. The van der Waals surface area contributed by atoms with E-state index in [2.05, 4.69) is 13.8 Å². The molecule has 1 aliphatic heterocycles. The Bertz CT molecular complexity index is 710. The number of benzene rings is 1. The first-order valence-electron chi connectivity index (χ1n) is 8.26. The zero-order chi connectivity index (χ0) is 16.6. The van der Waals surface area contributed by atoms with Gasteiger partial charge in [0.2, 0.25) is 0 Å². The van der Waals surface area contributed by atoms with E-state index >= 15 is 0 Å². The van der Waals surface area contributed by atoms with Gasteiger partial charge in [0.05, 0.1) is 0 Å². The number of likely N-dealkylation sites (tertiary alicyclic amines) is 1. The van der Waals surface area contributed by atoms with Gasteiger partial charge in [-0.2, -0.15) is 0 Å². The summed E-state index contributed by atoms with van der Waals surface area (Å²) in [6.07, 6.45) is 3.29. The summed E-state index contributed by atoms with van der Waals surface area (Å²) in [5.41, 5.74) is 8.62. The number of anilines is 1. The predicted octanol–water partition coefficient (Wildman–Crippen LogP) is 4.24. The van der Waals surface area contributed by atoms with Gasteiger partial charge in [-0.05, 0) is 63.8 Å². The molecule has 23 heavy (non-hydrogen) atoms. The fraction of sp³-hybridized carbons (Fsp3) is 0.421. The smallest absolute Gasteiger partial charge is 0.290 e. The lowest BCUT2D eigenvalue weighted by Gasteiger charge is -2.38. The van der Waals surface area contributed by atoms with Crippen molar-refractivity contribution in [1.82, 2.24) is 4.90 Å². The summed E-state index contributed by atoms with van der Waals surface area (Å²) in [7, 11) is 0. The van der Waals surface area contributed by atoms with Gasteiger partial charge in [0.25, 0.3) is 5.91 Å². The number of furan rings is 1. The minimum atomic E-state index is -0.0176. The molecule has 0 bridgehead atoms. The molecule has 0 aliphatic carbocycles. The van der Waals surface area contributed by atoms with Crippen molar-refractivity contribution in [2.24, 2.45) is 0 Å². The third-order valence-corrected chi connectivity index (χ3v) is 4.81. The second kappa shape index (κ2) is 6.11. The molecular formula is C19H24N2O2. The average Bonchev–Trinajstić information content (AvgIpc) is 2.99. The van der Waals surface area contributed by atoms with Crippen LogP contribution in [0.3, 0.4) is 0 Å². The van der Waals surface area contributed by atoms with Crippen LogP contribution in [0.1, 0.15) is 49.2 Å². The van der Waals surface area contributed by atoms with Crippen LogP contribution in [0, 0.1) is 6.92 Å². The van der Waals surface area contributed by atoms with Crippen molar-refractivity contribution in [2.75, 3.05) is 5.73 Å². The lowest BCUT2D eigenvalue weighted by Crippen LogP contribution is -2.47. The van der Waals surface area contributed by atoms with E-state index in [1.54, 1.807) is 6.07 Å². The zero-order valence-corrected chi connectivity index (χ0v) is 14.0. The molecule has 2 N–H and O–H groups in total. The monoisotopic (exact) mass is 312 g/mol. The topological polar surface area (TPSA) is 59.5 Å². The maximum Gasteiger partial charge on any atom is 0.290 e. The Morgan fingerprint density at radius 3 is 2.52 bits per heavy atom. The lowest BCUT2D eigenvalue weighted by molar-refractivity contribution is 0.0479. The van der Waals surface area contributed by atoms with Gasteiger partial charge in [-0.15, -0.1) is 0 Å². The maximum atomic E-state index is 12.8. The Labute approximate surface area is 137 Å². The van der Waals surface area contributed by atoms with E-state index < -0.39 is 0 Å². The van der Waals surface area contributed by atoms with Crippen LogP contribution in [0.25, 0.3) is 11.3 Å². The zero-order valence-electron chi connectivity index (χ0n) is 14.0. The van der Waals surface area contributed by atoms with Crippen LogP contribution >= 0.6 is 0 Å². The predicted molar refractivity (Wildman–Crippen MR) is 92.2 cm³/mol. The van der Waals surface area contributed by atoms with Crippen molar-refractivity contribution in [3.8, 4) is 11.3 Å². The molecule has 4 heteroatoms. The van der Waals surface area contributed by atoms with Crippen LogP contribution in [0.4, 0.5) is 5.69 Å². The first-order valence-corrected chi connectivity index (χ1v) is 8.26. The van der Waals surface area contributed by atoms with Gasteiger partial charge in [-0.3, -0.25) is 4.79 Å². The van der Waals surface area contributed by atoms with Gasteiger partial charge in [-0.25, -0.2) is 0 Å². The van der Waals surface area contributed by atoms with Crippen molar-refractivity contribution in [3.05, 3.63) is 41.7 Å². The van der Waals surface area contributed by atoms with Crippen molar-refractivity contribution < 1.29 is 9.21 Å². The van der Waals surface area contributed by atoms with Crippen molar-refractivity contribution in [2.45, 2.75) is 52.1 Å². The Hall–Kier alpha value is -2.23. The van der Waals surface area contributed by atoms with E-state index in [4.69, 9.17) is 10.2 Å². The fourth-order valence-corrected chi connectivity index (χ4v) is 3.35. The Kier molecular flexibility index (Phi) is 4.16. The first-order chi connectivity index (χ1) is 11.0. The van der Waals surface area contributed by atoms with Gasteiger partial charge >= 0.3 is 0 Å². The molecule has 1 aliphatic rings. The molecule has 1 amide bonds. The maximum absolute atomic E-state index is 12.8. The number of hydrogen-bond donors (Lipinski definition) is 1. The molecule has 122 valence electrons. The van der Waals surface area contributed by atoms with Crippen LogP contribution in [0.5, 0.6) is 0 Å². The third-order valence-electron chi connectivity index (χ3n) is 4.81. The number of piperidine rings is 1. The molecule has 1 fully saturated rings. The van der Waals surface area contributed by atoms with Crippen LogP contribution in [0.15, 0.2) is 34.7 Å². The van der Waals surface area contributed by atoms with E-state index in [1.807, 2.05) is 36.1 Å². The van der Waals surface area contributed by atoms with E-state index in [0.717, 1.165) is 29.7 Å². The second-order valence-corrected chi connectivity index (χ2v) is 6.58. The Morgan fingerprint density at radius 1 is 1.17 bits per heavy atom. The van der Waals surface area contributed by atoms with Crippen molar-refractivity contribution in [3.63, 3.8) is 0 Å². The normalized spacial score (nSPS) is 21.4. The molecule has 2 aromatic rings. The molecule has 0 saturated carbocycles. The van der Waals surface area contributed by atoms with Gasteiger partial charge in [0.1, 0.15) is 5.76 Å². The van der Waals surface area contributed by atoms with Crippen LogP contribution in [-0.2, 0) is 0 Å². The highest BCUT2D eigenvalue weighted by atomic mass is 16.4. The molecule has 1 aromatic heterocycles. The molecule has 0 spiro atoms. The van der Waals surface area contributed by atoms with Gasteiger partial charge in [-0.1, -0.05) is 12.1 Å². The van der Waals surface area contributed by atoms with Gasteiger partial charge in [0.15, 0.2) is 5.76 Å². The molecule has 0 radical (unpaired) electrons. The van der Waals surface area contributed by atoms with E-state index in [1.165, 1.54) is 6.42 Å². The highest BCUT2D eigenvalue weighted by molar-refractivity contribution is 5.92. The molecule has 0 unspecified atom stereocenters. The average molecular weight is 312 g/mol. The van der Waals surface area contributed by atoms with Gasteiger partial charge in [0, 0.05) is 23.3 Å². The molecule has 2 heterocycles. The molecular weight excluding hydrogens is 288 g/mol. The van der Waals surface area contributed by atoms with Crippen LogP contribution in [0.2, 0.25) is 0 Å². The Balaban J connectivity index is 1.86. The molecule has 4 nitrogen and oxygen atoms in total. The van der Waals surface area contributed by atoms with Crippen LogP contribution in [-0.4, -0.2) is 22.9 Å². The van der Waals surface area contributed by atoms with Gasteiger partial charge < -0.3 is 15.1 Å². The molecule has 3 rings (SSSR count). The van der Waals surface area contributed by atoms with E-state index in [-0.39, 0.29) is 18.0 Å². The quantitative estimate of drug-likeness (QED) is 0.844. The number of nitrogens with two attached hydrogens (primary N) is 1. The summed E-state index contributed by atoms with van der Waals surface area (Å²) in [5, 5.41) is 0. The van der Waals surface area contributed by atoms with Crippen LogP contribution < -0.4 is 5.73 Å². The van der Waals surface area contributed by atoms with E-state index in [9.17, 15) is 4.79 Å². The summed E-state index contributed by atoms with van der Waals surface area (Å²) >= 11 is 0. The molecule has 1 aromatic carbocycles. The third kappa shape index (κ3) is 2.98. The van der Waals surface area contributed by atoms with Crippen molar-refractivity contribution in [1.29, 1.82) is 0 Å². The molecule has 2 atom stereocenters. The second-order valence-electron chi connectivity index (χ2n) is 6.58. The number of hydrogen-bond acceptors (Lipinski definition) is 3.